The van der Waals surface area contributed by atoms with Crippen LogP contribution in [0.25, 0.3) is 11.7 Å². The lowest BCUT2D eigenvalue weighted by Crippen LogP contribution is -2.12. The molecule has 130 valence electrons. The van der Waals surface area contributed by atoms with Crippen LogP contribution < -0.4 is 10.1 Å². The minimum atomic E-state index is -0.341. The highest BCUT2D eigenvalue weighted by Gasteiger charge is 2.14. The van der Waals surface area contributed by atoms with Crippen molar-refractivity contribution in [2.24, 2.45) is 0 Å². The van der Waals surface area contributed by atoms with Crippen molar-refractivity contribution in [1.29, 1.82) is 0 Å². The Labute approximate surface area is 145 Å². The minimum Gasteiger partial charge on any atom is -0.494 e. The van der Waals surface area contributed by atoms with Gasteiger partial charge in [0.15, 0.2) is 5.76 Å². The maximum absolute atomic E-state index is 12.2. The third-order valence-electron chi connectivity index (χ3n) is 3.51. The van der Waals surface area contributed by atoms with E-state index in [9.17, 15) is 4.79 Å². The van der Waals surface area contributed by atoms with E-state index in [4.69, 9.17) is 13.6 Å². The molecule has 0 saturated carbocycles. The second kappa shape index (κ2) is 8.14. The lowest BCUT2D eigenvalue weighted by atomic mass is 10.2. The van der Waals surface area contributed by atoms with Gasteiger partial charge in [-0.1, -0.05) is 24.9 Å². The van der Waals surface area contributed by atoms with Crippen LogP contribution in [0, 0.1) is 0 Å². The predicted octanol–water partition coefficient (Wildman–Crippen LogP) is 4.15. The number of unbranched alkanes of at least 4 members (excludes halogenated alkanes) is 2. The zero-order valence-electron chi connectivity index (χ0n) is 13.9. The summed E-state index contributed by atoms with van der Waals surface area (Å²) in [5, 5.41) is 10.2. The second-order valence-electron chi connectivity index (χ2n) is 5.42. The molecule has 7 nitrogen and oxygen atoms in total. The number of aromatic nitrogens is 2. The van der Waals surface area contributed by atoms with Gasteiger partial charge >= 0.3 is 6.01 Å². The van der Waals surface area contributed by atoms with Crippen molar-refractivity contribution in [2.75, 3.05) is 11.9 Å². The normalized spacial score (nSPS) is 10.6. The summed E-state index contributed by atoms with van der Waals surface area (Å²) in [4.78, 5) is 12.2. The quantitative estimate of drug-likeness (QED) is 0.619. The highest BCUT2D eigenvalue weighted by atomic mass is 16.5. The van der Waals surface area contributed by atoms with Crippen LogP contribution in [0.3, 0.4) is 0 Å². The van der Waals surface area contributed by atoms with Gasteiger partial charge in [0.1, 0.15) is 5.75 Å². The van der Waals surface area contributed by atoms with Crippen molar-refractivity contribution in [3.63, 3.8) is 0 Å². The summed E-state index contributed by atoms with van der Waals surface area (Å²) in [7, 11) is 0. The molecular weight excluding hydrogens is 322 g/mol. The molecule has 0 aliphatic heterocycles. The third-order valence-corrected chi connectivity index (χ3v) is 3.51. The molecule has 1 aromatic carbocycles. The van der Waals surface area contributed by atoms with E-state index in [-0.39, 0.29) is 17.8 Å². The molecule has 0 atom stereocenters. The highest BCUT2D eigenvalue weighted by molar-refractivity contribution is 6.03. The van der Waals surface area contributed by atoms with Gasteiger partial charge in [-0.3, -0.25) is 10.1 Å². The smallest absolute Gasteiger partial charge is 0.322 e. The maximum Gasteiger partial charge on any atom is 0.322 e. The number of carbonyl (C=O) groups excluding carboxylic acids is 1. The molecule has 0 saturated heterocycles. The van der Waals surface area contributed by atoms with Crippen molar-refractivity contribution < 1.29 is 18.4 Å². The van der Waals surface area contributed by atoms with Crippen molar-refractivity contribution in [1.82, 2.24) is 10.2 Å². The molecule has 0 spiro atoms. The number of hydrogen-bond donors (Lipinski definition) is 1. The number of amides is 1. The molecule has 2 aromatic heterocycles. The average molecular weight is 341 g/mol. The van der Waals surface area contributed by atoms with Crippen LogP contribution in [-0.2, 0) is 0 Å². The van der Waals surface area contributed by atoms with E-state index < -0.39 is 0 Å². The van der Waals surface area contributed by atoms with Gasteiger partial charge in [0.05, 0.1) is 12.9 Å². The molecule has 2 heterocycles. The molecule has 7 heteroatoms. The number of benzene rings is 1. The molecule has 0 fully saturated rings. The molecule has 25 heavy (non-hydrogen) atoms. The van der Waals surface area contributed by atoms with Gasteiger partial charge in [0.25, 0.3) is 11.8 Å². The Morgan fingerprint density at radius 2 is 2.00 bits per heavy atom. The molecule has 0 aliphatic rings. The first kappa shape index (κ1) is 16.8. The molecule has 1 amide bonds. The molecular formula is C18H19N3O4. The minimum absolute atomic E-state index is 0.0105. The van der Waals surface area contributed by atoms with Crippen molar-refractivity contribution >= 4 is 11.9 Å². The summed E-state index contributed by atoms with van der Waals surface area (Å²) in [6.07, 6.45) is 4.82. The van der Waals surface area contributed by atoms with Gasteiger partial charge in [-0.25, -0.2) is 0 Å². The Hall–Kier alpha value is -3.09. The standard InChI is InChI=1S/C18H19N3O4/c1-2-3-4-11-23-14-9-7-13(8-10-14)16(22)19-18-21-20-17(25-18)15-6-5-12-24-15/h5-10,12H,2-4,11H2,1H3,(H,19,21,22). The topological polar surface area (TPSA) is 90.4 Å². The summed E-state index contributed by atoms with van der Waals surface area (Å²) >= 11 is 0. The fourth-order valence-corrected chi connectivity index (χ4v) is 2.19. The lowest BCUT2D eigenvalue weighted by Gasteiger charge is -2.06. The first-order valence-electron chi connectivity index (χ1n) is 8.18. The number of furan rings is 1. The Kier molecular flexibility index (Phi) is 5.46. The molecule has 0 unspecified atom stereocenters. The highest BCUT2D eigenvalue weighted by Crippen LogP contribution is 2.20. The van der Waals surface area contributed by atoms with E-state index in [0.717, 1.165) is 25.0 Å². The van der Waals surface area contributed by atoms with E-state index in [2.05, 4.69) is 22.4 Å². The molecule has 0 aliphatic carbocycles. The summed E-state index contributed by atoms with van der Waals surface area (Å²) in [5.41, 5.74) is 0.471. The van der Waals surface area contributed by atoms with E-state index in [0.29, 0.717) is 17.9 Å². The van der Waals surface area contributed by atoms with Crippen LogP contribution in [0.2, 0.25) is 0 Å². The lowest BCUT2D eigenvalue weighted by molar-refractivity contribution is 0.102. The number of nitrogens with zero attached hydrogens (tertiary/aromatic N) is 2. The maximum atomic E-state index is 12.2. The number of nitrogens with one attached hydrogen (secondary N) is 1. The first-order valence-corrected chi connectivity index (χ1v) is 8.18. The van der Waals surface area contributed by atoms with Crippen molar-refractivity contribution in [3.8, 4) is 17.4 Å². The fourth-order valence-electron chi connectivity index (χ4n) is 2.19. The molecule has 0 radical (unpaired) electrons. The Balaban J connectivity index is 1.56. The Morgan fingerprint density at radius 1 is 1.16 bits per heavy atom. The van der Waals surface area contributed by atoms with Gasteiger partial charge in [0, 0.05) is 5.56 Å². The number of rotatable bonds is 8. The number of ether oxygens (including phenoxy) is 1. The van der Waals surface area contributed by atoms with Crippen LogP contribution in [0.5, 0.6) is 5.75 Å². The number of anilines is 1. The van der Waals surface area contributed by atoms with Crippen LogP contribution in [0.1, 0.15) is 36.5 Å². The van der Waals surface area contributed by atoms with E-state index >= 15 is 0 Å². The van der Waals surface area contributed by atoms with Crippen LogP contribution in [-0.4, -0.2) is 22.7 Å². The molecule has 3 aromatic rings. The zero-order valence-corrected chi connectivity index (χ0v) is 13.9. The van der Waals surface area contributed by atoms with Gasteiger partial charge in [-0.05, 0) is 42.8 Å². The summed E-state index contributed by atoms with van der Waals surface area (Å²) in [6, 6.07) is 10.3. The molecule has 3 rings (SSSR count). The fraction of sp³-hybridized carbons (Fsp3) is 0.278. The summed E-state index contributed by atoms with van der Waals surface area (Å²) in [6.45, 7) is 2.82. The number of hydrogen-bond acceptors (Lipinski definition) is 6. The van der Waals surface area contributed by atoms with Gasteiger partial charge < -0.3 is 13.6 Å². The Morgan fingerprint density at radius 3 is 2.72 bits per heavy atom. The molecule has 0 bridgehead atoms. The van der Waals surface area contributed by atoms with E-state index in [1.165, 1.54) is 6.26 Å². The number of carbonyl (C=O) groups is 1. The van der Waals surface area contributed by atoms with Gasteiger partial charge in [-0.15, -0.1) is 5.10 Å². The summed E-state index contributed by atoms with van der Waals surface area (Å²) in [5.74, 6) is 1.05. The van der Waals surface area contributed by atoms with Gasteiger partial charge in [0.2, 0.25) is 0 Å². The average Bonchev–Trinajstić information content (AvgIpc) is 3.30. The second-order valence-corrected chi connectivity index (χ2v) is 5.42. The monoisotopic (exact) mass is 341 g/mol. The van der Waals surface area contributed by atoms with Crippen LogP contribution >= 0.6 is 0 Å². The largest absolute Gasteiger partial charge is 0.494 e. The predicted molar refractivity (Wildman–Crippen MR) is 91.4 cm³/mol. The van der Waals surface area contributed by atoms with Gasteiger partial charge in [-0.2, -0.15) is 0 Å². The SMILES string of the molecule is CCCCCOc1ccc(C(=O)Nc2nnc(-c3ccco3)o2)cc1. The van der Waals surface area contributed by atoms with Crippen LogP contribution in [0.15, 0.2) is 51.5 Å². The first-order chi connectivity index (χ1) is 12.3. The summed E-state index contributed by atoms with van der Waals surface area (Å²) < 4.78 is 16.1. The van der Waals surface area contributed by atoms with E-state index in [1.54, 1.807) is 36.4 Å². The Bertz CT molecular complexity index is 794. The van der Waals surface area contributed by atoms with Crippen molar-refractivity contribution in [3.05, 3.63) is 48.2 Å². The molecule has 1 N–H and O–H groups in total. The van der Waals surface area contributed by atoms with E-state index in [1.807, 2.05) is 0 Å². The zero-order chi connectivity index (χ0) is 17.5. The van der Waals surface area contributed by atoms with Crippen LogP contribution in [0.4, 0.5) is 6.01 Å². The van der Waals surface area contributed by atoms with Crippen molar-refractivity contribution in [2.45, 2.75) is 26.2 Å². The third kappa shape index (κ3) is 4.47.